The Labute approximate surface area is 103 Å². The summed E-state index contributed by atoms with van der Waals surface area (Å²) in [6, 6.07) is 1.68. The van der Waals surface area contributed by atoms with Gasteiger partial charge >= 0.3 is 0 Å². The number of nitrogens with zero attached hydrogens (tertiary/aromatic N) is 2. The van der Waals surface area contributed by atoms with Crippen molar-refractivity contribution >= 4 is 44.7 Å². The average molecular weight is 304 g/mol. The average Bonchev–Trinajstić information content (AvgIpc) is 2.64. The Morgan fingerprint density at radius 3 is 2.93 bits per heavy atom. The smallest absolute Gasteiger partial charge is 0.214 e. The van der Waals surface area contributed by atoms with Crippen molar-refractivity contribution in [1.29, 1.82) is 0 Å². The van der Waals surface area contributed by atoms with Crippen LogP contribution in [0, 0.1) is 0 Å². The molecule has 76 valence electrons. The number of rotatable bonds is 2. The lowest BCUT2D eigenvalue weighted by atomic mass is 10.1. The molecule has 15 heavy (non-hydrogen) atoms. The van der Waals surface area contributed by atoms with Gasteiger partial charge < -0.3 is 0 Å². The molecule has 2 aromatic heterocycles. The van der Waals surface area contributed by atoms with Gasteiger partial charge in [0.15, 0.2) is 0 Å². The first kappa shape index (κ1) is 10.7. The van der Waals surface area contributed by atoms with E-state index in [2.05, 4.69) is 25.9 Å². The van der Waals surface area contributed by atoms with Gasteiger partial charge in [-0.1, -0.05) is 11.6 Å². The van der Waals surface area contributed by atoms with Gasteiger partial charge in [-0.25, -0.2) is 9.97 Å². The molecule has 0 aliphatic carbocycles. The van der Waals surface area contributed by atoms with Crippen LogP contribution in [0.1, 0.15) is 16.1 Å². The second-order valence-electron chi connectivity index (χ2n) is 2.66. The maximum Gasteiger partial charge on any atom is 0.214 e. The highest BCUT2D eigenvalue weighted by atomic mass is 79.9. The molecule has 0 saturated heterocycles. The normalized spacial score (nSPS) is 10.3. The minimum atomic E-state index is -0.199. The van der Waals surface area contributed by atoms with Crippen molar-refractivity contribution in [2.24, 2.45) is 0 Å². The number of aromatic nitrogens is 2. The third kappa shape index (κ3) is 2.09. The van der Waals surface area contributed by atoms with Crippen LogP contribution in [0.15, 0.2) is 28.4 Å². The van der Waals surface area contributed by atoms with Crippen molar-refractivity contribution in [3.05, 3.63) is 44.0 Å². The van der Waals surface area contributed by atoms with E-state index < -0.39 is 0 Å². The quantitative estimate of drug-likeness (QED) is 0.800. The Bertz CT molecular complexity index is 514. The molecular formula is C9H4BrClN2OS. The number of thiophene rings is 1. The van der Waals surface area contributed by atoms with Crippen molar-refractivity contribution in [3.8, 4) is 0 Å². The van der Waals surface area contributed by atoms with E-state index in [1.807, 2.05) is 0 Å². The lowest BCUT2D eigenvalue weighted by molar-refractivity contribution is 0.103. The van der Waals surface area contributed by atoms with Gasteiger partial charge in [-0.15, -0.1) is 11.3 Å². The summed E-state index contributed by atoms with van der Waals surface area (Å²) in [6.45, 7) is 0. The predicted molar refractivity (Wildman–Crippen MR) is 62.5 cm³/mol. The molecule has 0 unspecified atom stereocenters. The number of carbonyl (C=O) groups is 1. The number of hydrogen-bond acceptors (Lipinski definition) is 4. The Kier molecular flexibility index (Phi) is 3.14. The fraction of sp³-hybridized carbons (Fsp3) is 0. The highest BCUT2D eigenvalue weighted by Crippen LogP contribution is 2.26. The highest BCUT2D eigenvalue weighted by Gasteiger charge is 2.17. The Morgan fingerprint density at radius 1 is 1.53 bits per heavy atom. The summed E-state index contributed by atoms with van der Waals surface area (Å²) < 4.78 is 1.04. The molecule has 0 aliphatic rings. The number of hydrogen-bond donors (Lipinski definition) is 0. The Hall–Kier alpha value is -0.780. The highest BCUT2D eigenvalue weighted by molar-refractivity contribution is 9.10. The second kappa shape index (κ2) is 4.38. The molecular weight excluding hydrogens is 300 g/mol. The van der Waals surface area contributed by atoms with E-state index in [0.717, 1.165) is 0 Å². The van der Waals surface area contributed by atoms with Crippen molar-refractivity contribution in [1.82, 2.24) is 9.97 Å². The standard InChI is InChI=1S/C9H4BrClN2OS/c10-6-3-12-4-13-7(6)8(14)5-1-2-15-9(5)11/h1-4H. The fourth-order valence-corrected chi connectivity index (χ4v) is 2.38. The number of ketones is 1. The summed E-state index contributed by atoms with van der Waals surface area (Å²) in [6.07, 6.45) is 2.86. The molecule has 0 aromatic carbocycles. The van der Waals surface area contributed by atoms with E-state index in [1.165, 1.54) is 23.9 Å². The van der Waals surface area contributed by atoms with Crippen LogP contribution in [-0.4, -0.2) is 15.8 Å². The summed E-state index contributed by atoms with van der Waals surface area (Å²) >= 11 is 10.4. The number of halogens is 2. The molecule has 2 aromatic rings. The first-order chi connectivity index (χ1) is 7.20. The Balaban J connectivity index is 2.46. The minimum absolute atomic E-state index is 0.199. The molecule has 0 spiro atoms. The van der Waals surface area contributed by atoms with Gasteiger partial charge in [0, 0.05) is 6.20 Å². The summed E-state index contributed by atoms with van der Waals surface area (Å²) in [5, 5.41) is 1.77. The monoisotopic (exact) mass is 302 g/mol. The van der Waals surface area contributed by atoms with Crippen LogP contribution in [0.2, 0.25) is 4.34 Å². The van der Waals surface area contributed by atoms with E-state index in [-0.39, 0.29) is 5.78 Å². The first-order valence-electron chi connectivity index (χ1n) is 3.93. The molecule has 0 aliphatic heterocycles. The lowest BCUT2D eigenvalue weighted by Gasteiger charge is -1.99. The zero-order chi connectivity index (χ0) is 10.8. The van der Waals surface area contributed by atoms with E-state index in [1.54, 1.807) is 11.4 Å². The summed E-state index contributed by atoms with van der Waals surface area (Å²) in [7, 11) is 0. The van der Waals surface area contributed by atoms with Crippen molar-refractivity contribution in [3.63, 3.8) is 0 Å². The minimum Gasteiger partial charge on any atom is -0.287 e. The van der Waals surface area contributed by atoms with E-state index in [9.17, 15) is 4.79 Å². The fourth-order valence-electron chi connectivity index (χ4n) is 1.06. The predicted octanol–water partition coefficient (Wildman–Crippen LogP) is 3.19. The van der Waals surface area contributed by atoms with Crippen LogP contribution in [0.25, 0.3) is 0 Å². The van der Waals surface area contributed by atoms with Gasteiger partial charge in [0.2, 0.25) is 5.78 Å². The van der Waals surface area contributed by atoms with Gasteiger partial charge in [-0.2, -0.15) is 0 Å². The van der Waals surface area contributed by atoms with Crippen LogP contribution in [0.3, 0.4) is 0 Å². The SMILES string of the molecule is O=C(c1ccsc1Cl)c1ncncc1Br. The van der Waals surface area contributed by atoms with E-state index in [0.29, 0.717) is 20.1 Å². The molecule has 6 heteroatoms. The molecule has 0 amide bonds. The second-order valence-corrected chi connectivity index (χ2v) is 5.03. The summed E-state index contributed by atoms with van der Waals surface area (Å²) in [5.74, 6) is -0.199. The van der Waals surface area contributed by atoms with E-state index in [4.69, 9.17) is 11.6 Å². The van der Waals surface area contributed by atoms with Crippen LogP contribution in [0.4, 0.5) is 0 Å². The van der Waals surface area contributed by atoms with Gasteiger partial charge in [-0.3, -0.25) is 4.79 Å². The van der Waals surface area contributed by atoms with Gasteiger partial charge in [0.25, 0.3) is 0 Å². The summed E-state index contributed by atoms with van der Waals surface area (Å²) in [5.41, 5.74) is 0.798. The molecule has 0 bridgehead atoms. The zero-order valence-electron chi connectivity index (χ0n) is 7.28. The Morgan fingerprint density at radius 2 is 2.33 bits per heavy atom. The molecule has 0 saturated carbocycles. The molecule has 0 N–H and O–H groups in total. The van der Waals surface area contributed by atoms with Gasteiger partial charge in [0.1, 0.15) is 16.4 Å². The lowest BCUT2D eigenvalue weighted by Crippen LogP contribution is -2.04. The third-order valence-electron chi connectivity index (χ3n) is 1.75. The molecule has 0 fully saturated rings. The van der Waals surface area contributed by atoms with Crippen LogP contribution in [0.5, 0.6) is 0 Å². The molecule has 0 atom stereocenters. The molecule has 3 nitrogen and oxygen atoms in total. The van der Waals surface area contributed by atoms with E-state index >= 15 is 0 Å². The third-order valence-corrected chi connectivity index (χ3v) is 3.50. The zero-order valence-corrected chi connectivity index (χ0v) is 10.4. The molecule has 2 rings (SSSR count). The largest absolute Gasteiger partial charge is 0.287 e. The van der Waals surface area contributed by atoms with Gasteiger partial charge in [-0.05, 0) is 27.4 Å². The molecule has 2 heterocycles. The van der Waals surface area contributed by atoms with Crippen LogP contribution < -0.4 is 0 Å². The first-order valence-corrected chi connectivity index (χ1v) is 5.98. The maximum absolute atomic E-state index is 12.0. The van der Waals surface area contributed by atoms with Crippen molar-refractivity contribution < 1.29 is 4.79 Å². The maximum atomic E-state index is 12.0. The van der Waals surface area contributed by atoms with Crippen LogP contribution >= 0.6 is 38.9 Å². The van der Waals surface area contributed by atoms with Crippen molar-refractivity contribution in [2.75, 3.05) is 0 Å². The number of carbonyl (C=O) groups excluding carboxylic acids is 1. The topological polar surface area (TPSA) is 42.9 Å². The van der Waals surface area contributed by atoms with Crippen molar-refractivity contribution in [2.45, 2.75) is 0 Å². The summed E-state index contributed by atoms with van der Waals surface area (Å²) in [4.78, 5) is 19.7. The molecule has 0 radical (unpaired) electrons. The van der Waals surface area contributed by atoms with Gasteiger partial charge in [0.05, 0.1) is 10.0 Å². The van der Waals surface area contributed by atoms with Crippen LogP contribution in [-0.2, 0) is 0 Å².